The number of hydrogen-bond acceptors (Lipinski definition) is 3. The summed E-state index contributed by atoms with van der Waals surface area (Å²) in [7, 11) is 3.18. The van der Waals surface area contributed by atoms with Gasteiger partial charge >= 0.3 is 0 Å². The minimum atomic E-state index is -0.122. The Kier molecular flexibility index (Phi) is 3.95. The fourth-order valence-corrected chi connectivity index (χ4v) is 2.37. The maximum Gasteiger partial charge on any atom is 0.221 e. The highest BCUT2D eigenvalue weighted by Gasteiger charge is 2.12. The molecule has 0 bridgehead atoms. The van der Waals surface area contributed by atoms with Gasteiger partial charge in [-0.25, -0.2) is 0 Å². The zero-order valence-electron chi connectivity index (χ0n) is 10.9. The number of rotatable bonds is 3. The van der Waals surface area contributed by atoms with Crippen molar-refractivity contribution < 1.29 is 14.3 Å². The van der Waals surface area contributed by atoms with E-state index in [2.05, 4.69) is 21.2 Å². The quantitative estimate of drug-likeness (QED) is 0.939. The normalized spacial score (nSPS) is 10.3. The highest BCUT2D eigenvalue weighted by atomic mass is 79.9. The highest BCUT2D eigenvalue weighted by Crippen LogP contribution is 2.38. The van der Waals surface area contributed by atoms with Gasteiger partial charge in [0.1, 0.15) is 0 Å². The second kappa shape index (κ2) is 5.48. The van der Waals surface area contributed by atoms with Crippen molar-refractivity contribution in [3.05, 3.63) is 28.7 Å². The molecule has 0 heterocycles. The van der Waals surface area contributed by atoms with E-state index in [1.54, 1.807) is 14.2 Å². The molecule has 2 aromatic carbocycles. The molecule has 2 rings (SSSR count). The van der Waals surface area contributed by atoms with Gasteiger partial charge in [0.25, 0.3) is 0 Å². The van der Waals surface area contributed by atoms with E-state index in [9.17, 15) is 4.79 Å². The van der Waals surface area contributed by atoms with E-state index in [0.717, 1.165) is 20.9 Å². The molecule has 1 N–H and O–H groups in total. The fourth-order valence-electron chi connectivity index (χ4n) is 1.93. The lowest BCUT2D eigenvalue weighted by Crippen LogP contribution is -2.07. The molecular weight excluding hydrogens is 310 g/mol. The van der Waals surface area contributed by atoms with Crippen molar-refractivity contribution in [2.75, 3.05) is 19.5 Å². The zero-order valence-corrected chi connectivity index (χ0v) is 12.5. The van der Waals surface area contributed by atoms with Crippen LogP contribution < -0.4 is 14.8 Å². The summed E-state index contributed by atoms with van der Waals surface area (Å²) in [5.41, 5.74) is 0.728. The summed E-state index contributed by atoms with van der Waals surface area (Å²) in [6.07, 6.45) is 0. The SMILES string of the molecule is COc1cc2ccc(Br)c(NC(C)=O)c2cc1OC. The number of carbonyl (C=O) groups is 1. The van der Waals surface area contributed by atoms with Crippen LogP contribution in [0.3, 0.4) is 0 Å². The smallest absolute Gasteiger partial charge is 0.221 e. The Bertz CT molecular complexity index is 640. The summed E-state index contributed by atoms with van der Waals surface area (Å²) in [5.74, 6) is 1.16. The van der Waals surface area contributed by atoms with E-state index in [0.29, 0.717) is 11.5 Å². The molecule has 0 spiro atoms. The Balaban J connectivity index is 2.72. The van der Waals surface area contributed by atoms with Gasteiger partial charge in [-0.15, -0.1) is 0 Å². The average Bonchev–Trinajstić information content (AvgIpc) is 2.40. The fraction of sp³-hybridized carbons (Fsp3) is 0.214. The van der Waals surface area contributed by atoms with Crippen molar-refractivity contribution in [1.82, 2.24) is 0 Å². The Labute approximate surface area is 119 Å². The Morgan fingerprint density at radius 3 is 2.37 bits per heavy atom. The maximum atomic E-state index is 11.3. The highest BCUT2D eigenvalue weighted by molar-refractivity contribution is 9.10. The van der Waals surface area contributed by atoms with Crippen molar-refractivity contribution in [3.8, 4) is 11.5 Å². The average molecular weight is 324 g/mol. The van der Waals surface area contributed by atoms with Gasteiger partial charge < -0.3 is 14.8 Å². The molecule has 100 valence electrons. The van der Waals surface area contributed by atoms with Gasteiger partial charge in [0.05, 0.1) is 19.9 Å². The Morgan fingerprint density at radius 2 is 1.79 bits per heavy atom. The number of carbonyl (C=O) groups excluding carboxylic acids is 1. The number of anilines is 1. The minimum absolute atomic E-state index is 0.122. The first-order chi connectivity index (χ1) is 9.06. The molecule has 0 aliphatic heterocycles. The van der Waals surface area contributed by atoms with Gasteiger partial charge in [-0.1, -0.05) is 6.07 Å². The molecule has 0 saturated carbocycles. The molecular formula is C14H14BrNO3. The Morgan fingerprint density at radius 1 is 1.16 bits per heavy atom. The van der Waals surface area contributed by atoms with Crippen molar-refractivity contribution in [1.29, 1.82) is 0 Å². The van der Waals surface area contributed by atoms with Crippen LogP contribution >= 0.6 is 15.9 Å². The van der Waals surface area contributed by atoms with Gasteiger partial charge in [-0.2, -0.15) is 0 Å². The molecule has 0 aliphatic carbocycles. The topological polar surface area (TPSA) is 47.6 Å². The third kappa shape index (κ3) is 2.66. The number of methoxy groups -OCH3 is 2. The number of fused-ring (bicyclic) bond motifs is 1. The van der Waals surface area contributed by atoms with E-state index in [4.69, 9.17) is 9.47 Å². The molecule has 0 aromatic heterocycles. The van der Waals surface area contributed by atoms with Crippen LogP contribution in [-0.4, -0.2) is 20.1 Å². The number of hydrogen-bond donors (Lipinski definition) is 1. The lowest BCUT2D eigenvalue weighted by Gasteiger charge is -2.13. The predicted octanol–water partition coefficient (Wildman–Crippen LogP) is 3.58. The molecule has 0 unspecified atom stereocenters. The number of ether oxygens (including phenoxy) is 2. The van der Waals surface area contributed by atoms with E-state index in [1.165, 1.54) is 6.92 Å². The van der Waals surface area contributed by atoms with Gasteiger partial charge in [0.2, 0.25) is 5.91 Å². The number of nitrogens with one attached hydrogen (secondary N) is 1. The van der Waals surface area contributed by atoms with Crippen LogP contribution in [0.5, 0.6) is 11.5 Å². The van der Waals surface area contributed by atoms with Crippen molar-refractivity contribution >= 4 is 38.3 Å². The number of amides is 1. The van der Waals surface area contributed by atoms with Crippen LogP contribution in [-0.2, 0) is 4.79 Å². The van der Waals surface area contributed by atoms with Crippen LogP contribution in [0.1, 0.15) is 6.92 Å². The molecule has 1 amide bonds. The summed E-state index contributed by atoms with van der Waals surface area (Å²) >= 11 is 3.44. The molecule has 4 nitrogen and oxygen atoms in total. The van der Waals surface area contributed by atoms with Gasteiger partial charge in [-0.3, -0.25) is 4.79 Å². The first-order valence-electron chi connectivity index (χ1n) is 5.68. The largest absolute Gasteiger partial charge is 0.493 e. The molecule has 0 fully saturated rings. The molecule has 0 atom stereocenters. The molecule has 0 aliphatic rings. The lowest BCUT2D eigenvalue weighted by molar-refractivity contribution is -0.114. The monoisotopic (exact) mass is 323 g/mol. The molecule has 0 radical (unpaired) electrons. The number of halogens is 1. The van der Waals surface area contributed by atoms with E-state index in [1.807, 2.05) is 24.3 Å². The minimum Gasteiger partial charge on any atom is -0.493 e. The van der Waals surface area contributed by atoms with Crippen LogP contribution in [0.25, 0.3) is 10.8 Å². The van der Waals surface area contributed by atoms with Crippen LogP contribution in [0, 0.1) is 0 Å². The van der Waals surface area contributed by atoms with Crippen molar-refractivity contribution in [3.63, 3.8) is 0 Å². The van der Waals surface area contributed by atoms with Crippen LogP contribution in [0.4, 0.5) is 5.69 Å². The molecule has 5 heteroatoms. The van der Waals surface area contributed by atoms with E-state index < -0.39 is 0 Å². The molecule has 2 aromatic rings. The third-order valence-electron chi connectivity index (χ3n) is 2.77. The van der Waals surface area contributed by atoms with Gasteiger partial charge in [0.15, 0.2) is 11.5 Å². The summed E-state index contributed by atoms with van der Waals surface area (Å²) in [4.78, 5) is 11.3. The predicted molar refractivity (Wildman–Crippen MR) is 79.1 cm³/mol. The standard InChI is InChI=1S/C14H14BrNO3/c1-8(17)16-14-10-7-13(19-3)12(18-2)6-9(10)4-5-11(14)15/h4-7H,1-3H3,(H,16,17). The van der Waals surface area contributed by atoms with Crippen molar-refractivity contribution in [2.45, 2.75) is 6.92 Å². The van der Waals surface area contributed by atoms with Crippen LogP contribution in [0.15, 0.2) is 28.7 Å². The van der Waals surface area contributed by atoms with Crippen molar-refractivity contribution in [2.24, 2.45) is 0 Å². The lowest BCUT2D eigenvalue weighted by atomic mass is 10.1. The number of benzene rings is 2. The second-order valence-corrected chi connectivity index (χ2v) is 4.89. The first-order valence-corrected chi connectivity index (χ1v) is 6.48. The molecule has 19 heavy (non-hydrogen) atoms. The van der Waals surface area contributed by atoms with E-state index >= 15 is 0 Å². The summed E-state index contributed by atoms with van der Waals surface area (Å²) in [6.45, 7) is 1.48. The molecule has 0 saturated heterocycles. The summed E-state index contributed by atoms with van der Waals surface area (Å²) in [5, 5.41) is 4.68. The summed E-state index contributed by atoms with van der Waals surface area (Å²) in [6, 6.07) is 7.57. The third-order valence-corrected chi connectivity index (χ3v) is 3.43. The first kappa shape index (κ1) is 13.7. The maximum absolute atomic E-state index is 11.3. The van der Waals surface area contributed by atoms with Gasteiger partial charge in [0, 0.05) is 16.8 Å². The van der Waals surface area contributed by atoms with Crippen LogP contribution in [0.2, 0.25) is 0 Å². The second-order valence-electron chi connectivity index (χ2n) is 4.03. The zero-order chi connectivity index (χ0) is 14.0. The van der Waals surface area contributed by atoms with E-state index in [-0.39, 0.29) is 5.91 Å². The Hall–Kier alpha value is -1.75. The van der Waals surface area contributed by atoms with Gasteiger partial charge in [-0.05, 0) is 39.5 Å². The summed E-state index contributed by atoms with van der Waals surface area (Å²) < 4.78 is 11.4.